The Labute approximate surface area is 167 Å². The SMILES string of the molecule is CCc1ccc2c(c1O)C(O)=C1C(=O)C3C(O)=C(C(N)=O)C(=O)CC3CC1[C@H]2C. The number of aliphatic hydroxyl groups excluding tert-OH is 2. The number of rotatable bonds is 2. The highest BCUT2D eigenvalue weighted by molar-refractivity contribution is 6.21. The fourth-order valence-corrected chi connectivity index (χ4v) is 5.26. The number of aromatic hydroxyl groups is 1. The van der Waals surface area contributed by atoms with Crippen molar-refractivity contribution in [3.05, 3.63) is 45.7 Å². The van der Waals surface area contributed by atoms with E-state index in [1.54, 1.807) is 0 Å². The summed E-state index contributed by atoms with van der Waals surface area (Å²) in [4.78, 5) is 37.3. The topological polar surface area (TPSA) is 138 Å². The van der Waals surface area contributed by atoms with Gasteiger partial charge in [0.05, 0.1) is 11.5 Å². The van der Waals surface area contributed by atoms with Gasteiger partial charge in [-0.2, -0.15) is 0 Å². The van der Waals surface area contributed by atoms with Gasteiger partial charge in [-0.3, -0.25) is 14.4 Å². The largest absolute Gasteiger partial charge is 0.511 e. The van der Waals surface area contributed by atoms with Crippen LogP contribution in [0.4, 0.5) is 0 Å². The molecule has 0 aliphatic heterocycles. The van der Waals surface area contributed by atoms with Crippen LogP contribution >= 0.6 is 0 Å². The van der Waals surface area contributed by atoms with Crippen molar-refractivity contribution in [2.75, 3.05) is 0 Å². The van der Waals surface area contributed by atoms with Gasteiger partial charge in [0.2, 0.25) is 0 Å². The van der Waals surface area contributed by atoms with Crippen LogP contribution in [-0.4, -0.2) is 32.8 Å². The van der Waals surface area contributed by atoms with Crippen LogP contribution in [0, 0.1) is 17.8 Å². The van der Waals surface area contributed by atoms with E-state index in [-0.39, 0.29) is 40.9 Å². The summed E-state index contributed by atoms with van der Waals surface area (Å²) >= 11 is 0. The maximum Gasteiger partial charge on any atom is 0.255 e. The Morgan fingerprint density at radius 3 is 2.52 bits per heavy atom. The summed E-state index contributed by atoms with van der Waals surface area (Å²) in [5.74, 6) is -5.16. The second-order valence-electron chi connectivity index (χ2n) is 8.14. The van der Waals surface area contributed by atoms with Gasteiger partial charge >= 0.3 is 0 Å². The van der Waals surface area contributed by atoms with E-state index in [0.29, 0.717) is 18.4 Å². The van der Waals surface area contributed by atoms with Gasteiger partial charge in [-0.15, -0.1) is 0 Å². The molecule has 3 aliphatic rings. The van der Waals surface area contributed by atoms with Gasteiger partial charge in [-0.25, -0.2) is 0 Å². The summed E-state index contributed by atoms with van der Waals surface area (Å²) in [6.07, 6.45) is 0.906. The molecule has 1 saturated carbocycles. The molecule has 29 heavy (non-hydrogen) atoms. The number of Topliss-reactive ketones (excluding diaryl/α,β-unsaturated/α-hetero) is 2. The fraction of sp³-hybridized carbons (Fsp3) is 0.409. The number of aryl methyl sites for hydroxylation is 1. The second kappa shape index (κ2) is 6.47. The van der Waals surface area contributed by atoms with Crippen LogP contribution < -0.4 is 5.73 Å². The highest BCUT2D eigenvalue weighted by atomic mass is 16.3. The Hall–Kier alpha value is -3.09. The van der Waals surface area contributed by atoms with Crippen molar-refractivity contribution in [3.8, 4) is 5.75 Å². The number of phenols is 1. The minimum absolute atomic E-state index is 0.0494. The minimum atomic E-state index is -1.09. The Kier molecular flexibility index (Phi) is 4.29. The lowest BCUT2D eigenvalue weighted by molar-refractivity contribution is -0.127. The maximum atomic E-state index is 13.4. The number of phenolic OH excluding ortho intramolecular Hbond substituents is 1. The number of amides is 1. The molecule has 5 N–H and O–H groups in total. The van der Waals surface area contributed by atoms with E-state index in [9.17, 15) is 29.7 Å². The van der Waals surface area contributed by atoms with Crippen molar-refractivity contribution in [2.45, 2.75) is 39.0 Å². The van der Waals surface area contributed by atoms with E-state index < -0.39 is 40.6 Å². The lowest BCUT2D eigenvalue weighted by Crippen LogP contribution is -2.45. The summed E-state index contributed by atoms with van der Waals surface area (Å²) in [6, 6.07) is 3.67. The molecule has 0 heterocycles. The number of hydrogen-bond donors (Lipinski definition) is 4. The summed E-state index contributed by atoms with van der Waals surface area (Å²) in [5, 5.41) is 32.2. The Balaban J connectivity index is 1.91. The third-order valence-corrected chi connectivity index (χ3v) is 6.73. The molecule has 4 rings (SSSR count). The van der Waals surface area contributed by atoms with Crippen LogP contribution in [0.2, 0.25) is 0 Å². The van der Waals surface area contributed by atoms with Crippen molar-refractivity contribution < 1.29 is 29.7 Å². The summed E-state index contributed by atoms with van der Waals surface area (Å²) in [7, 11) is 0. The number of aliphatic hydroxyl groups is 2. The molecule has 1 aromatic rings. The highest BCUT2D eigenvalue weighted by Gasteiger charge is 2.52. The number of fused-ring (bicyclic) bond motifs is 3. The average molecular weight is 397 g/mol. The summed E-state index contributed by atoms with van der Waals surface area (Å²) < 4.78 is 0. The van der Waals surface area contributed by atoms with E-state index in [1.165, 1.54) is 0 Å². The van der Waals surface area contributed by atoms with E-state index in [1.807, 2.05) is 26.0 Å². The Bertz CT molecular complexity index is 1030. The molecule has 7 heteroatoms. The number of ketones is 2. The van der Waals surface area contributed by atoms with Crippen molar-refractivity contribution in [2.24, 2.45) is 23.5 Å². The quantitative estimate of drug-likeness (QED) is 0.566. The van der Waals surface area contributed by atoms with E-state index in [4.69, 9.17) is 5.73 Å². The van der Waals surface area contributed by atoms with Gasteiger partial charge in [0.15, 0.2) is 11.6 Å². The summed E-state index contributed by atoms with van der Waals surface area (Å²) in [5.41, 5.74) is 6.49. The first-order valence-corrected chi connectivity index (χ1v) is 9.77. The first kappa shape index (κ1) is 19.2. The van der Waals surface area contributed by atoms with Gasteiger partial charge in [-0.1, -0.05) is 26.0 Å². The molecule has 3 unspecified atom stereocenters. The second-order valence-corrected chi connectivity index (χ2v) is 8.14. The van der Waals surface area contributed by atoms with Gasteiger partial charge in [-0.05, 0) is 41.7 Å². The normalized spacial score (nSPS) is 28.8. The first-order chi connectivity index (χ1) is 13.7. The van der Waals surface area contributed by atoms with Gasteiger partial charge in [0, 0.05) is 12.0 Å². The standard InChI is InChI=1S/C22H23NO6/c1-3-9-4-5-11-8(2)12-6-10-7-13(24)17(22(23)29)20(27)14(10)19(26)16(12)21(28)15(11)18(9)25/h4-5,8,10,12,14,25,27-28H,3,6-7H2,1-2H3,(H2,23,29)/t8-,10?,12?,14?/m0/s1. The van der Waals surface area contributed by atoms with Crippen molar-refractivity contribution >= 4 is 23.2 Å². The lowest BCUT2D eigenvalue weighted by atomic mass is 9.59. The molecule has 0 aromatic heterocycles. The van der Waals surface area contributed by atoms with Crippen LogP contribution in [-0.2, 0) is 20.8 Å². The van der Waals surface area contributed by atoms with Gasteiger partial charge in [0.25, 0.3) is 5.91 Å². The number of nitrogens with two attached hydrogens (primary N) is 1. The summed E-state index contributed by atoms with van der Waals surface area (Å²) in [6.45, 7) is 3.80. The molecule has 3 aliphatic carbocycles. The number of hydrogen-bond acceptors (Lipinski definition) is 6. The molecule has 152 valence electrons. The van der Waals surface area contributed by atoms with E-state index in [2.05, 4.69) is 0 Å². The fourth-order valence-electron chi connectivity index (χ4n) is 5.26. The van der Waals surface area contributed by atoms with E-state index >= 15 is 0 Å². The van der Waals surface area contributed by atoms with E-state index in [0.717, 1.165) is 5.56 Å². The van der Waals surface area contributed by atoms with Gasteiger partial charge in [0.1, 0.15) is 22.8 Å². The Morgan fingerprint density at radius 1 is 1.21 bits per heavy atom. The molecular formula is C22H23NO6. The highest BCUT2D eigenvalue weighted by Crippen LogP contribution is 2.54. The molecule has 0 spiro atoms. The zero-order chi connectivity index (χ0) is 21.2. The smallest absolute Gasteiger partial charge is 0.255 e. The van der Waals surface area contributed by atoms with Crippen LogP contribution in [0.15, 0.2) is 29.0 Å². The molecule has 7 nitrogen and oxygen atoms in total. The minimum Gasteiger partial charge on any atom is -0.511 e. The van der Waals surface area contributed by atoms with Crippen LogP contribution in [0.3, 0.4) is 0 Å². The molecule has 4 atom stereocenters. The molecular weight excluding hydrogens is 374 g/mol. The van der Waals surface area contributed by atoms with Crippen LogP contribution in [0.25, 0.3) is 5.76 Å². The predicted octanol–water partition coefficient (Wildman–Crippen LogP) is 2.43. The van der Waals surface area contributed by atoms with Crippen molar-refractivity contribution in [1.82, 2.24) is 0 Å². The monoisotopic (exact) mass is 397 g/mol. The number of carbonyl (C=O) groups is 3. The number of benzene rings is 1. The number of carbonyl (C=O) groups excluding carboxylic acids is 3. The third-order valence-electron chi connectivity index (χ3n) is 6.73. The van der Waals surface area contributed by atoms with Crippen LogP contribution in [0.5, 0.6) is 5.75 Å². The average Bonchev–Trinajstić information content (AvgIpc) is 2.64. The molecule has 1 amide bonds. The van der Waals surface area contributed by atoms with Crippen molar-refractivity contribution in [3.63, 3.8) is 0 Å². The van der Waals surface area contributed by atoms with Crippen LogP contribution in [0.1, 0.15) is 49.3 Å². The lowest BCUT2D eigenvalue weighted by Gasteiger charge is -2.43. The predicted molar refractivity (Wildman–Crippen MR) is 104 cm³/mol. The number of allylic oxidation sites excluding steroid dienone is 2. The first-order valence-electron chi connectivity index (χ1n) is 9.77. The third kappa shape index (κ3) is 2.53. The number of primary amides is 1. The van der Waals surface area contributed by atoms with Crippen molar-refractivity contribution in [1.29, 1.82) is 0 Å². The zero-order valence-corrected chi connectivity index (χ0v) is 16.2. The Morgan fingerprint density at radius 2 is 1.90 bits per heavy atom. The molecule has 1 aromatic carbocycles. The van der Waals surface area contributed by atoms with Gasteiger partial charge < -0.3 is 21.1 Å². The molecule has 0 bridgehead atoms. The maximum absolute atomic E-state index is 13.4. The molecule has 0 saturated heterocycles. The molecule has 0 radical (unpaired) electrons. The molecule has 1 fully saturated rings. The zero-order valence-electron chi connectivity index (χ0n) is 16.2.